The van der Waals surface area contributed by atoms with Gasteiger partial charge in [-0.05, 0) is 23.8 Å². The van der Waals surface area contributed by atoms with Crippen LogP contribution < -0.4 is 5.73 Å². The van der Waals surface area contributed by atoms with Crippen molar-refractivity contribution in [2.24, 2.45) is 0 Å². The molecule has 1 aromatic carbocycles. The van der Waals surface area contributed by atoms with Gasteiger partial charge in [-0.25, -0.2) is 4.39 Å². The van der Waals surface area contributed by atoms with Crippen molar-refractivity contribution in [2.75, 3.05) is 11.5 Å². The topological polar surface area (TPSA) is 110 Å². The fraction of sp³-hybridized carbons (Fsp3) is 0.400. The van der Waals surface area contributed by atoms with Gasteiger partial charge in [0.15, 0.2) is 5.82 Å². The second-order valence-corrected chi connectivity index (χ2v) is 4.16. The smallest absolute Gasteiger partial charge is 0.295 e. The molecule has 0 aromatic heterocycles. The van der Waals surface area contributed by atoms with Crippen molar-refractivity contribution in [3.63, 3.8) is 0 Å². The molecule has 8 heteroatoms. The standard InChI is InChI=1S/C10H13FN2O4S/c11-6-3-5(10(15)8(14)1-2-18)4-7(9(6)12)13(16)17/h3-4,8,10,14-15,18H,1-2,12H2. The number of hydrogen-bond donors (Lipinski definition) is 4. The molecule has 4 N–H and O–H groups in total. The van der Waals surface area contributed by atoms with Gasteiger partial charge < -0.3 is 15.9 Å². The number of hydrogen-bond acceptors (Lipinski definition) is 6. The number of halogens is 1. The molecule has 0 aliphatic carbocycles. The number of nitro groups is 1. The van der Waals surface area contributed by atoms with E-state index in [0.29, 0.717) is 5.75 Å². The van der Waals surface area contributed by atoms with Crippen LogP contribution in [-0.2, 0) is 0 Å². The van der Waals surface area contributed by atoms with Crippen molar-refractivity contribution in [2.45, 2.75) is 18.6 Å². The molecule has 1 aromatic rings. The highest BCUT2D eigenvalue weighted by atomic mass is 32.1. The average molecular weight is 276 g/mol. The lowest BCUT2D eigenvalue weighted by molar-refractivity contribution is -0.384. The van der Waals surface area contributed by atoms with E-state index in [-0.39, 0.29) is 12.0 Å². The number of aliphatic hydroxyl groups excluding tert-OH is 2. The number of aliphatic hydroxyl groups is 2. The summed E-state index contributed by atoms with van der Waals surface area (Å²) in [6, 6.07) is 1.82. The normalized spacial score (nSPS) is 14.2. The van der Waals surface area contributed by atoms with Gasteiger partial charge in [0.05, 0.1) is 11.0 Å². The molecule has 0 bridgehead atoms. The average Bonchev–Trinajstić information content (AvgIpc) is 2.31. The highest BCUT2D eigenvalue weighted by molar-refractivity contribution is 7.80. The van der Waals surface area contributed by atoms with Gasteiger partial charge >= 0.3 is 0 Å². The zero-order valence-corrected chi connectivity index (χ0v) is 10.2. The van der Waals surface area contributed by atoms with Gasteiger partial charge in [-0.15, -0.1) is 0 Å². The van der Waals surface area contributed by atoms with Gasteiger partial charge in [-0.2, -0.15) is 12.6 Å². The summed E-state index contributed by atoms with van der Waals surface area (Å²) in [5.41, 5.74) is 3.89. The maximum atomic E-state index is 13.4. The minimum absolute atomic E-state index is 0.0947. The van der Waals surface area contributed by atoms with E-state index < -0.39 is 34.3 Å². The second-order valence-electron chi connectivity index (χ2n) is 3.72. The first-order chi connectivity index (χ1) is 8.38. The molecule has 0 radical (unpaired) electrons. The predicted molar refractivity (Wildman–Crippen MR) is 66.9 cm³/mol. The van der Waals surface area contributed by atoms with Gasteiger partial charge in [-0.3, -0.25) is 10.1 Å². The number of rotatable bonds is 5. The molecule has 6 nitrogen and oxygen atoms in total. The molecule has 0 spiro atoms. The number of nitro benzene ring substituents is 1. The lowest BCUT2D eigenvalue weighted by atomic mass is 10.0. The van der Waals surface area contributed by atoms with Gasteiger partial charge in [0, 0.05) is 6.07 Å². The second kappa shape index (κ2) is 5.98. The van der Waals surface area contributed by atoms with Crippen LogP contribution in [0.25, 0.3) is 0 Å². The van der Waals surface area contributed by atoms with Crippen LogP contribution in [0.3, 0.4) is 0 Å². The molecule has 0 aliphatic heterocycles. The molecule has 2 atom stereocenters. The summed E-state index contributed by atoms with van der Waals surface area (Å²) in [4.78, 5) is 9.80. The van der Waals surface area contributed by atoms with Crippen molar-refractivity contribution < 1.29 is 19.5 Å². The Labute approximate surface area is 108 Å². The van der Waals surface area contributed by atoms with Crippen LogP contribution >= 0.6 is 12.6 Å². The van der Waals surface area contributed by atoms with E-state index in [1.54, 1.807) is 0 Å². The molecule has 1 rings (SSSR count). The Bertz CT molecular complexity index is 458. The van der Waals surface area contributed by atoms with Crippen molar-refractivity contribution in [3.05, 3.63) is 33.6 Å². The lowest BCUT2D eigenvalue weighted by Crippen LogP contribution is -2.19. The molecule has 2 unspecified atom stereocenters. The Hall–Kier alpha value is -1.38. The van der Waals surface area contributed by atoms with Crippen LogP contribution in [0.4, 0.5) is 15.8 Å². The van der Waals surface area contributed by atoms with Gasteiger partial charge in [0.25, 0.3) is 5.69 Å². The van der Waals surface area contributed by atoms with E-state index in [0.717, 1.165) is 12.1 Å². The number of nitrogens with zero attached hydrogens (tertiary/aromatic N) is 1. The molecular formula is C10H13FN2O4S. The Kier molecular flexibility index (Phi) is 4.88. The molecule has 0 saturated heterocycles. The summed E-state index contributed by atoms with van der Waals surface area (Å²) in [5, 5.41) is 29.9. The summed E-state index contributed by atoms with van der Waals surface area (Å²) >= 11 is 3.88. The first kappa shape index (κ1) is 14.7. The largest absolute Gasteiger partial charge is 0.391 e. The summed E-state index contributed by atoms with van der Waals surface area (Å²) in [6.07, 6.45) is -2.43. The molecule has 0 aliphatic rings. The third-order valence-electron chi connectivity index (χ3n) is 2.46. The summed E-state index contributed by atoms with van der Waals surface area (Å²) in [5.74, 6) is -0.686. The Morgan fingerprint density at radius 2 is 2.11 bits per heavy atom. The highest BCUT2D eigenvalue weighted by Gasteiger charge is 2.24. The predicted octanol–water partition coefficient (Wildman–Crippen LogP) is 1.03. The van der Waals surface area contributed by atoms with Crippen molar-refractivity contribution in [1.29, 1.82) is 0 Å². The summed E-state index contributed by atoms with van der Waals surface area (Å²) in [6.45, 7) is 0. The third-order valence-corrected chi connectivity index (χ3v) is 2.72. The number of benzene rings is 1. The van der Waals surface area contributed by atoms with Crippen LogP contribution in [0, 0.1) is 15.9 Å². The maximum absolute atomic E-state index is 13.4. The van der Waals surface area contributed by atoms with Gasteiger partial charge in [0.2, 0.25) is 0 Å². The van der Waals surface area contributed by atoms with E-state index in [4.69, 9.17) is 5.73 Å². The zero-order valence-electron chi connectivity index (χ0n) is 9.28. The molecule has 18 heavy (non-hydrogen) atoms. The first-order valence-corrected chi connectivity index (χ1v) is 5.72. The van der Waals surface area contributed by atoms with Crippen LogP contribution in [0.2, 0.25) is 0 Å². The molecule has 0 fully saturated rings. The Morgan fingerprint density at radius 3 is 2.61 bits per heavy atom. The number of nitrogens with two attached hydrogens (primary N) is 1. The minimum Gasteiger partial charge on any atom is -0.391 e. The fourth-order valence-corrected chi connectivity index (χ4v) is 1.72. The van der Waals surface area contributed by atoms with E-state index in [2.05, 4.69) is 12.6 Å². The quantitative estimate of drug-likeness (QED) is 0.278. The van der Waals surface area contributed by atoms with Crippen LogP contribution in [0.5, 0.6) is 0 Å². The van der Waals surface area contributed by atoms with E-state index in [9.17, 15) is 24.7 Å². The highest BCUT2D eigenvalue weighted by Crippen LogP contribution is 2.30. The molecule has 0 amide bonds. The number of nitrogen functional groups attached to an aromatic ring is 1. The molecule has 0 heterocycles. The fourth-order valence-electron chi connectivity index (χ4n) is 1.46. The SMILES string of the molecule is Nc1c(F)cc(C(O)C(O)CCS)cc1[N+](=O)[O-]. The number of thiol groups is 1. The van der Waals surface area contributed by atoms with Crippen LogP contribution in [0.1, 0.15) is 18.1 Å². The van der Waals surface area contributed by atoms with Crippen LogP contribution in [0.15, 0.2) is 12.1 Å². The molecular weight excluding hydrogens is 263 g/mol. The van der Waals surface area contributed by atoms with E-state index in [1.165, 1.54) is 0 Å². The van der Waals surface area contributed by atoms with E-state index >= 15 is 0 Å². The Morgan fingerprint density at radius 1 is 1.50 bits per heavy atom. The molecule has 0 saturated carbocycles. The van der Waals surface area contributed by atoms with Crippen LogP contribution in [-0.4, -0.2) is 27.0 Å². The first-order valence-electron chi connectivity index (χ1n) is 5.08. The van der Waals surface area contributed by atoms with Gasteiger partial charge in [-0.1, -0.05) is 0 Å². The van der Waals surface area contributed by atoms with Crippen molar-refractivity contribution >= 4 is 24.0 Å². The van der Waals surface area contributed by atoms with Crippen molar-refractivity contribution in [3.8, 4) is 0 Å². The lowest BCUT2D eigenvalue weighted by Gasteiger charge is -2.17. The summed E-state index contributed by atoms with van der Waals surface area (Å²) in [7, 11) is 0. The number of anilines is 1. The third kappa shape index (κ3) is 3.09. The van der Waals surface area contributed by atoms with Crippen molar-refractivity contribution in [1.82, 2.24) is 0 Å². The molecule has 100 valence electrons. The monoisotopic (exact) mass is 276 g/mol. The maximum Gasteiger partial charge on any atom is 0.295 e. The minimum atomic E-state index is -1.43. The summed E-state index contributed by atoms with van der Waals surface area (Å²) < 4.78 is 13.4. The van der Waals surface area contributed by atoms with Gasteiger partial charge in [0.1, 0.15) is 11.8 Å². The van der Waals surface area contributed by atoms with E-state index in [1.807, 2.05) is 0 Å². The Balaban J connectivity index is 3.14. The zero-order chi connectivity index (χ0) is 13.9.